The maximum atomic E-state index is 3.58. The van der Waals surface area contributed by atoms with Crippen molar-refractivity contribution in [1.29, 1.82) is 0 Å². The van der Waals surface area contributed by atoms with Gasteiger partial charge in [0.05, 0.1) is 0 Å². The number of benzene rings is 1. The van der Waals surface area contributed by atoms with Crippen LogP contribution in [0.25, 0.3) is 0 Å². The van der Waals surface area contributed by atoms with Gasteiger partial charge in [0, 0.05) is 6.04 Å². The lowest BCUT2D eigenvalue weighted by atomic mass is 9.97. The standard InChI is InChI=1S/C16H25N/c1-12-10-14(3)15(11-13(12)2)6-4-5-9-17-16-7-8-16/h10-11,16-17H,4-9H2,1-3H3. The molecule has 0 atom stereocenters. The minimum Gasteiger partial charge on any atom is -0.314 e. The van der Waals surface area contributed by atoms with Crippen molar-refractivity contribution in [2.75, 3.05) is 6.54 Å². The number of aryl methyl sites for hydroxylation is 4. The Morgan fingerprint density at radius 1 is 1.00 bits per heavy atom. The predicted molar refractivity (Wildman–Crippen MR) is 74.6 cm³/mol. The molecule has 0 aromatic heterocycles. The van der Waals surface area contributed by atoms with Crippen LogP contribution in [-0.2, 0) is 6.42 Å². The second-order valence-electron chi connectivity index (χ2n) is 5.55. The minimum atomic E-state index is 0.860. The Kier molecular flexibility index (Phi) is 4.22. The Hall–Kier alpha value is -0.820. The van der Waals surface area contributed by atoms with E-state index < -0.39 is 0 Å². The maximum Gasteiger partial charge on any atom is 0.00682 e. The van der Waals surface area contributed by atoms with Gasteiger partial charge in [-0.25, -0.2) is 0 Å². The molecule has 0 aliphatic heterocycles. The lowest BCUT2D eigenvalue weighted by Crippen LogP contribution is -2.17. The molecule has 0 bridgehead atoms. The van der Waals surface area contributed by atoms with Crippen molar-refractivity contribution >= 4 is 0 Å². The summed E-state index contributed by atoms with van der Waals surface area (Å²) < 4.78 is 0. The lowest BCUT2D eigenvalue weighted by molar-refractivity contribution is 0.619. The van der Waals surface area contributed by atoms with Crippen molar-refractivity contribution in [2.24, 2.45) is 0 Å². The Labute approximate surface area is 106 Å². The zero-order valence-corrected chi connectivity index (χ0v) is 11.5. The molecule has 1 N–H and O–H groups in total. The number of rotatable bonds is 6. The van der Waals surface area contributed by atoms with Crippen molar-refractivity contribution in [1.82, 2.24) is 5.32 Å². The summed E-state index contributed by atoms with van der Waals surface area (Å²) in [6.45, 7) is 7.86. The first kappa shape index (κ1) is 12.6. The predicted octanol–water partition coefficient (Wildman–Crippen LogP) is 3.69. The summed E-state index contributed by atoms with van der Waals surface area (Å²) in [5.41, 5.74) is 5.85. The van der Waals surface area contributed by atoms with Crippen molar-refractivity contribution < 1.29 is 0 Å². The highest BCUT2D eigenvalue weighted by molar-refractivity contribution is 5.36. The van der Waals surface area contributed by atoms with Gasteiger partial charge in [0.25, 0.3) is 0 Å². The summed E-state index contributed by atoms with van der Waals surface area (Å²) in [5.74, 6) is 0. The SMILES string of the molecule is Cc1cc(C)c(CCCCNC2CC2)cc1C. The van der Waals surface area contributed by atoms with E-state index in [1.54, 1.807) is 5.56 Å². The van der Waals surface area contributed by atoms with Crippen molar-refractivity contribution in [2.45, 2.75) is 58.9 Å². The fourth-order valence-corrected chi connectivity index (χ4v) is 2.32. The molecule has 1 aliphatic carbocycles. The van der Waals surface area contributed by atoms with Gasteiger partial charge in [-0.05, 0) is 81.7 Å². The summed E-state index contributed by atoms with van der Waals surface area (Å²) in [6.07, 6.45) is 6.65. The van der Waals surface area contributed by atoms with E-state index in [-0.39, 0.29) is 0 Å². The second-order valence-corrected chi connectivity index (χ2v) is 5.55. The fourth-order valence-electron chi connectivity index (χ4n) is 2.32. The Morgan fingerprint density at radius 3 is 2.41 bits per heavy atom. The number of hydrogen-bond donors (Lipinski definition) is 1. The third-order valence-electron chi connectivity index (χ3n) is 3.84. The molecule has 94 valence electrons. The molecule has 1 heteroatoms. The van der Waals surface area contributed by atoms with Crippen LogP contribution >= 0.6 is 0 Å². The molecule has 0 unspecified atom stereocenters. The molecule has 1 aliphatic rings. The highest BCUT2D eigenvalue weighted by Crippen LogP contribution is 2.19. The molecule has 0 spiro atoms. The summed E-state index contributed by atoms with van der Waals surface area (Å²) in [6, 6.07) is 5.56. The van der Waals surface area contributed by atoms with Gasteiger partial charge in [0.2, 0.25) is 0 Å². The topological polar surface area (TPSA) is 12.0 Å². The number of hydrogen-bond acceptors (Lipinski definition) is 1. The van der Waals surface area contributed by atoms with E-state index >= 15 is 0 Å². The number of unbranched alkanes of at least 4 members (excludes halogenated alkanes) is 1. The van der Waals surface area contributed by atoms with Crippen LogP contribution in [0, 0.1) is 20.8 Å². The van der Waals surface area contributed by atoms with Crippen LogP contribution < -0.4 is 5.32 Å². The van der Waals surface area contributed by atoms with Crippen LogP contribution in [0.4, 0.5) is 0 Å². The van der Waals surface area contributed by atoms with Crippen LogP contribution in [-0.4, -0.2) is 12.6 Å². The van der Waals surface area contributed by atoms with Crippen LogP contribution in [0.15, 0.2) is 12.1 Å². The van der Waals surface area contributed by atoms with Crippen LogP contribution in [0.1, 0.15) is 47.9 Å². The van der Waals surface area contributed by atoms with E-state index in [9.17, 15) is 0 Å². The van der Waals surface area contributed by atoms with E-state index in [1.165, 1.54) is 55.3 Å². The fraction of sp³-hybridized carbons (Fsp3) is 0.625. The molecule has 0 amide bonds. The van der Waals surface area contributed by atoms with Gasteiger partial charge in [-0.2, -0.15) is 0 Å². The Bertz CT molecular complexity index is 377. The molecule has 0 heterocycles. The molecule has 1 fully saturated rings. The van der Waals surface area contributed by atoms with Gasteiger partial charge in [0.15, 0.2) is 0 Å². The normalized spacial score (nSPS) is 15.2. The summed E-state index contributed by atoms with van der Waals surface area (Å²) in [7, 11) is 0. The molecule has 0 saturated heterocycles. The molecule has 17 heavy (non-hydrogen) atoms. The molecular weight excluding hydrogens is 206 g/mol. The largest absolute Gasteiger partial charge is 0.314 e. The summed E-state index contributed by atoms with van der Waals surface area (Å²) in [5, 5.41) is 3.58. The monoisotopic (exact) mass is 231 g/mol. The van der Waals surface area contributed by atoms with E-state index in [2.05, 4.69) is 38.2 Å². The van der Waals surface area contributed by atoms with Gasteiger partial charge in [-0.1, -0.05) is 12.1 Å². The average Bonchev–Trinajstić information content (AvgIpc) is 3.08. The first-order chi connectivity index (χ1) is 8.16. The van der Waals surface area contributed by atoms with Crippen molar-refractivity contribution in [3.63, 3.8) is 0 Å². The number of nitrogens with one attached hydrogen (secondary N) is 1. The minimum absolute atomic E-state index is 0.860. The highest BCUT2D eigenvalue weighted by Gasteiger charge is 2.19. The van der Waals surface area contributed by atoms with Gasteiger partial charge < -0.3 is 5.32 Å². The van der Waals surface area contributed by atoms with Gasteiger partial charge in [0.1, 0.15) is 0 Å². The third kappa shape index (κ3) is 3.85. The zero-order valence-electron chi connectivity index (χ0n) is 11.5. The third-order valence-corrected chi connectivity index (χ3v) is 3.84. The summed E-state index contributed by atoms with van der Waals surface area (Å²) in [4.78, 5) is 0. The molecule has 1 aromatic rings. The molecular formula is C16H25N. The quantitative estimate of drug-likeness (QED) is 0.736. The molecule has 1 nitrogen and oxygen atoms in total. The first-order valence-corrected chi connectivity index (χ1v) is 6.97. The molecule has 1 aromatic carbocycles. The van der Waals surface area contributed by atoms with Gasteiger partial charge >= 0.3 is 0 Å². The Morgan fingerprint density at radius 2 is 1.71 bits per heavy atom. The van der Waals surface area contributed by atoms with E-state index in [0.29, 0.717) is 0 Å². The zero-order chi connectivity index (χ0) is 12.3. The van der Waals surface area contributed by atoms with Gasteiger partial charge in [-0.15, -0.1) is 0 Å². The van der Waals surface area contributed by atoms with Crippen LogP contribution in [0.2, 0.25) is 0 Å². The van der Waals surface area contributed by atoms with E-state index in [0.717, 1.165) is 6.04 Å². The van der Waals surface area contributed by atoms with Crippen molar-refractivity contribution in [3.05, 3.63) is 34.4 Å². The van der Waals surface area contributed by atoms with E-state index in [4.69, 9.17) is 0 Å². The van der Waals surface area contributed by atoms with Gasteiger partial charge in [-0.3, -0.25) is 0 Å². The average molecular weight is 231 g/mol. The maximum absolute atomic E-state index is 3.58. The van der Waals surface area contributed by atoms with Crippen molar-refractivity contribution in [3.8, 4) is 0 Å². The summed E-state index contributed by atoms with van der Waals surface area (Å²) >= 11 is 0. The van der Waals surface area contributed by atoms with Crippen LogP contribution in [0.5, 0.6) is 0 Å². The smallest absolute Gasteiger partial charge is 0.00682 e. The molecule has 1 saturated carbocycles. The van der Waals surface area contributed by atoms with E-state index in [1.807, 2.05) is 0 Å². The Balaban J connectivity index is 1.75. The lowest BCUT2D eigenvalue weighted by Gasteiger charge is -2.10. The molecule has 0 radical (unpaired) electrons. The molecule has 2 rings (SSSR count). The van der Waals surface area contributed by atoms with Crippen LogP contribution in [0.3, 0.4) is 0 Å². The second kappa shape index (κ2) is 5.68. The highest BCUT2D eigenvalue weighted by atomic mass is 14.9. The first-order valence-electron chi connectivity index (χ1n) is 6.97.